The number of hydrogen-bond acceptors (Lipinski definition) is 1. The molecule has 0 bridgehead atoms. The van der Waals surface area contributed by atoms with Crippen LogP contribution in [0.25, 0.3) is 0 Å². The van der Waals surface area contributed by atoms with Crippen LogP contribution in [0.4, 0.5) is 0 Å². The minimum absolute atomic E-state index is 0.412. The molecule has 0 aliphatic rings. The number of Topliss-reactive ketones (excluding diaryl/α,β-unsaturated/α-hetero) is 1. The second-order valence-electron chi connectivity index (χ2n) is 4.59. The van der Waals surface area contributed by atoms with Crippen molar-refractivity contribution in [2.24, 2.45) is 0 Å². The van der Waals surface area contributed by atoms with E-state index in [0.29, 0.717) is 12.2 Å². The van der Waals surface area contributed by atoms with E-state index in [4.69, 9.17) is 0 Å². The molecule has 0 saturated carbocycles. The van der Waals surface area contributed by atoms with Crippen molar-refractivity contribution >= 4 is 5.78 Å². The zero-order valence-electron chi connectivity index (χ0n) is 10.9. The Morgan fingerprint density at radius 3 is 1.87 bits per heavy atom. The SMILES string of the molecule is CCC(=O)CCCCCCC(C)=C(C)C. The molecule has 0 aromatic heterocycles. The summed E-state index contributed by atoms with van der Waals surface area (Å²) in [6.07, 6.45) is 7.56. The minimum Gasteiger partial charge on any atom is -0.300 e. The summed E-state index contributed by atoms with van der Waals surface area (Å²) in [4.78, 5) is 11.0. The average molecular weight is 210 g/mol. The number of carbonyl (C=O) groups excluding carboxylic acids is 1. The molecular weight excluding hydrogens is 184 g/mol. The Kier molecular flexibility index (Phi) is 8.35. The first-order chi connectivity index (χ1) is 7.07. The Morgan fingerprint density at radius 1 is 0.867 bits per heavy atom. The summed E-state index contributed by atoms with van der Waals surface area (Å²) in [7, 11) is 0. The van der Waals surface area contributed by atoms with Crippen LogP contribution in [-0.2, 0) is 4.79 Å². The molecule has 0 radical (unpaired) electrons. The fourth-order valence-electron chi connectivity index (χ4n) is 1.49. The molecule has 0 saturated heterocycles. The molecule has 0 aromatic rings. The second-order valence-corrected chi connectivity index (χ2v) is 4.59. The molecule has 0 atom stereocenters. The van der Waals surface area contributed by atoms with Crippen molar-refractivity contribution in [3.63, 3.8) is 0 Å². The van der Waals surface area contributed by atoms with Gasteiger partial charge in [-0.05, 0) is 40.0 Å². The lowest BCUT2D eigenvalue weighted by Gasteiger charge is -2.03. The molecule has 0 rings (SSSR count). The number of hydrogen-bond donors (Lipinski definition) is 0. The van der Waals surface area contributed by atoms with E-state index in [1.807, 2.05) is 6.92 Å². The van der Waals surface area contributed by atoms with Crippen LogP contribution in [0.5, 0.6) is 0 Å². The lowest BCUT2D eigenvalue weighted by molar-refractivity contribution is -0.118. The first kappa shape index (κ1) is 14.4. The van der Waals surface area contributed by atoms with Gasteiger partial charge in [-0.3, -0.25) is 4.79 Å². The van der Waals surface area contributed by atoms with Gasteiger partial charge < -0.3 is 0 Å². The Hall–Kier alpha value is -0.590. The maximum atomic E-state index is 11.0. The van der Waals surface area contributed by atoms with E-state index < -0.39 is 0 Å². The van der Waals surface area contributed by atoms with Crippen molar-refractivity contribution in [3.8, 4) is 0 Å². The van der Waals surface area contributed by atoms with Crippen LogP contribution in [0.15, 0.2) is 11.1 Å². The van der Waals surface area contributed by atoms with Gasteiger partial charge in [0.25, 0.3) is 0 Å². The fourth-order valence-corrected chi connectivity index (χ4v) is 1.49. The van der Waals surface area contributed by atoms with Gasteiger partial charge in [0.1, 0.15) is 5.78 Å². The molecule has 0 amide bonds. The molecule has 0 heterocycles. The molecule has 15 heavy (non-hydrogen) atoms. The van der Waals surface area contributed by atoms with E-state index in [-0.39, 0.29) is 0 Å². The van der Waals surface area contributed by atoms with Crippen molar-refractivity contribution in [1.29, 1.82) is 0 Å². The summed E-state index contributed by atoms with van der Waals surface area (Å²) in [6.45, 7) is 8.51. The van der Waals surface area contributed by atoms with E-state index in [9.17, 15) is 4.79 Å². The first-order valence-electron chi connectivity index (χ1n) is 6.22. The van der Waals surface area contributed by atoms with Crippen molar-refractivity contribution in [1.82, 2.24) is 0 Å². The molecule has 1 nitrogen and oxygen atoms in total. The van der Waals surface area contributed by atoms with E-state index in [2.05, 4.69) is 20.8 Å². The zero-order chi connectivity index (χ0) is 11.7. The summed E-state index contributed by atoms with van der Waals surface area (Å²) in [6, 6.07) is 0. The highest BCUT2D eigenvalue weighted by Crippen LogP contribution is 2.13. The molecule has 0 aliphatic heterocycles. The highest BCUT2D eigenvalue weighted by Gasteiger charge is 1.98. The molecule has 0 unspecified atom stereocenters. The highest BCUT2D eigenvalue weighted by molar-refractivity contribution is 5.77. The summed E-state index contributed by atoms with van der Waals surface area (Å²) >= 11 is 0. The van der Waals surface area contributed by atoms with Crippen molar-refractivity contribution in [2.45, 2.75) is 72.6 Å². The van der Waals surface area contributed by atoms with Gasteiger partial charge in [-0.25, -0.2) is 0 Å². The van der Waals surface area contributed by atoms with Gasteiger partial charge in [-0.15, -0.1) is 0 Å². The predicted octanol–water partition coefficient (Wildman–Crippen LogP) is 4.66. The largest absolute Gasteiger partial charge is 0.300 e. The maximum absolute atomic E-state index is 11.0. The smallest absolute Gasteiger partial charge is 0.132 e. The Morgan fingerprint density at radius 2 is 1.40 bits per heavy atom. The van der Waals surface area contributed by atoms with Crippen molar-refractivity contribution in [3.05, 3.63) is 11.1 Å². The Bertz CT molecular complexity index is 209. The average Bonchev–Trinajstić information content (AvgIpc) is 2.22. The third-order valence-corrected chi connectivity index (χ3v) is 3.01. The first-order valence-corrected chi connectivity index (χ1v) is 6.22. The fraction of sp³-hybridized carbons (Fsp3) is 0.786. The van der Waals surface area contributed by atoms with E-state index in [0.717, 1.165) is 12.8 Å². The summed E-state index contributed by atoms with van der Waals surface area (Å²) in [5, 5.41) is 0. The molecule has 0 aromatic carbocycles. The number of rotatable bonds is 8. The maximum Gasteiger partial charge on any atom is 0.132 e. The van der Waals surface area contributed by atoms with Gasteiger partial charge in [0.2, 0.25) is 0 Å². The monoisotopic (exact) mass is 210 g/mol. The van der Waals surface area contributed by atoms with Gasteiger partial charge in [0, 0.05) is 12.8 Å². The Balaban J connectivity index is 3.33. The number of unbranched alkanes of at least 4 members (excludes halogenated alkanes) is 3. The second kappa shape index (κ2) is 8.70. The molecule has 1 heteroatoms. The van der Waals surface area contributed by atoms with E-state index in [1.54, 1.807) is 0 Å². The lowest BCUT2D eigenvalue weighted by Crippen LogP contribution is -1.94. The standard InChI is InChI=1S/C14H26O/c1-5-14(15)11-9-7-6-8-10-13(4)12(2)3/h5-11H2,1-4H3. The predicted molar refractivity (Wildman–Crippen MR) is 67.0 cm³/mol. The number of allylic oxidation sites excluding steroid dienone is 2. The lowest BCUT2D eigenvalue weighted by atomic mass is 10.0. The van der Waals surface area contributed by atoms with Gasteiger partial charge in [0.05, 0.1) is 0 Å². The van der Waals surface area contributed by atoms with Crippen molar-refractivity contribution in [2.75, 3.05) is 0 Å². The minimum atomic E-state index is 0.412. The van der Waals surface area contributed by atoms with Crippen LogP contribution < -0.4 is 0 Å². The highest BCUT2D eigenvalue weighted by atomic mass is 16.1. The molecule has 0 N–H and O–H groups in total. The van der Waals surface area contributed by atoms with Gasteiger partial charge >= 0.3 is 0 Å². The molecule has 0 fully saturated rings. The normalized spacial score (nSPS) is 10.1. The van der Waals surface area contributed by atoms with Crippen LogP contribution in [-0.4, -0.2) is 5.78 Å². The van der Waals surface area contributed by atoms with Gasteiger partial charge in [-0.2, -0.15) is 0 Å². The number of ketones is 1. The summed E-state index contributed by atoms with van der Waals surface area (Å²) in [5.41, 5.74) is 2.98. The van der Waals surface area contributed by atoms with E-state index in [1.165, 1.54) is 36.8 Å². The quantitative estimate of drug-likeness (QED) is 0.420. The van der Waals surface area contributed by atoms with Crippen LogP contribution in [0.2, 0.25) is 0 Å². The van der Waals surface area contributed by atoms with Crippen molar-refractivity contribution < 1.29 is 4.79 Å². The Labute approximate surface area is 95.0 Å². The summed E-state index contributed by atoms with van der Waals surface area (Å²) < 4.78 is 0. The van der Waals surface area contributed by atoms with Gasteiger partial charge in [-0.1, -0.05) is 30.9 Å². The van der Waals surface area contributed by atoms with Gasteiger partial charge in [0.15, 0.2) is 0 Å². The topological polar surface area (TPSA) is 17.1 Å². The van der Waals surface area contributed by atoms with Crippen LogP contribution >= 0.6 is 0 Å². The number of carbonyl (C=O) groups is 1. The summed E-state index contributed by atoms with van der Waals surface area (Å²) in [5.74, 6) is 0.412. The zero-order valence-corrected chi connectivity index (χ0v) is 10.9. The molecule has 0 aliphatic carbocycles. The molecule has 0 spiro atoms. The van der Waals surface area contributed by atoms with Crippen LogP contribution in [0.3, 0.4) is 0 Å². The third kappa shape index (κ3) is 8.41. The molecular formula is C14H26O. The van der Waals surface area contributed by atoms with Crippen LogP contribution in [0, 0.1) is 0 Å². The van der Waals surface area contributed by atoms with Crippen LogP contribution in [0.1, 0.15) is 72.6 Å². The third-order valence-electron chi connectivity index (χ3n) is 3.01. The van der Waals surface area contributed by atoms with E-state index >= 15 is 0 Å². The molecule has 88 valence electrons.